The zero-order valence-electron chi connectivity index (χ0n) is 16.3. The highest BCUT2D eigenvalue weighted by molar-refractivity contribution is 6.04. The molecule has 7 nitrogen and oxygen atoms in total. The highest BCUT2D eigenvalue weighted by Gasteiger charge is 2.18. The molecule has 0 fully saturated rings. The molecule has 3 aromatic rings. The third-order valence-electron chi connectivity index (χ3n) is 4.20. The van der Waals surface area contributed by atoms with Gasteiger partial charge in [-0.2, -0.15) is 9.90 Å². The number of rotatable bonds is 5. The van der Waals surface area contributed by atoms with E-state index in [0.717, 1.165) is 16.8 Å². The molecular formula is C21H22N4O3. The lowest BCUT2D eigenvalue weighted by Crippen LogP contribution is -2.15. The van der Waals surface area contributed by atoms with Gasteiger partial charge in [0.05, 0.1) is 23.6 Å². The second kappa shape index (κ2) is 8.04. The Kier molecular flexibility index (Phi) is 5.54. The fraction of sp³-hybridized carbons (Fsp3) is 0.238. The first-order valence-electron chi connectivity index (χ1n) is 8.99. The molecule has 0 spiro atoms. The fourth-order valence-corrected chi connectivity index (χ4v) is 2.85. The Morgan fingerprint density at radius 3 is 2.57 bits per heavy atom. The van der Waals surface area contributed by atoms with Gasteiger partial charge in [-0.3, -0.25) is 4.79 Å². The van der Waals surface area contributed by atoms with Crippen LogP contribution in [0.4, 0.5) is 5.69 Å². The van der Waals surface area contributed by atoms with Crippen LogP contribution in [0.5, 0.6) is 0 Å². The molecule has 1 aromatic heterocycles. The molecule has 0 atom stereocenters. The summed E-state index contributed by atoms with van der Waals surface area (Å²) in [6, 6.07) is 12.5. The van der Waals surface area contributed by atoms with Crippen molar-refractivity contribution in [3.05, 3.63) is 70.5 Å². The van der Waals surface area contributed by atoms with E-state index in [1.807, 2.05) is 32.0 Å². The number of hydrogen-bond donors (Lipinski definition) is 1. The number of amides is 1. The summed E-state index contributed by atoms with van der Waals surface area (Å²) >= 11 is 0. The van der Waals surface area contributed by atoms with Gasteiger partial charge in [-0.05, 0) is 57.5 Å². The molecule has 0 saturated carbocycles. The van der Waals surface area contributed by atoms with Crippen LogP contribution in [-0.2, 0) is 4.74 Å². The number of ether oxygens (including phenoxy) is 1. The van der Waals surface area contributed by atoms with Gasteiger partial charge >= 0.3 is 5.97 Å². The minimum Gasteiger partial charge on any atom is -0.462 e. The number of hydrogen-bond acceptors (Lipinski definition) is 5. The maximum atomic E-state index is 12.7. The molecule has 144 valence electrons. The van der Waals surface area contributed by atoms with E-state index in [4.69, 9.17) is 4.74 Å². The highest BCUT2D eigenvalue weighted by Crippen LogP contribution is 2.17. The average molecular weight is 378 g/mol. The summed E-state index contributed by atoms with van der Waals surface area (Å²) in [5, 5.41) is 11.5. The number of carbonyl (C=O) groups is 2. The van der Waals surface area contributed by atoms with Gasteiger partial charge < -0.3 is 10.1 Å². The molecule has 28 heavy (non-hydrogen) atoms. The first-order chi connectivity index (χ1) is 13.4. The van der Waals surface area contributed by atoms with Gasteiger partial charge in [0.1, 0.15) is 0 Å². The molecule has 0 aliphatic rings. The second-order valence-electron chi connectivity index (χ2n) is 6.47. The van der Waals surface area contributed by atoms with Crippen molar-refractivity contribution in [3.63, 3.8) is 0 Å². The van der Waals surface area contributed by atoms with Crippen LogP contribution in [0.3, 0.4) is 0 Å². The molecule has 1 heterocycles. The van der Waals surface area contributed by atoms with E-state index < -0.39 is 11.9 Å². The number of esters is 1. The van der Waals surface area contributed by atoms with Crippen molar-refractivity contribution < 1.29 is 14.3 Å². The number of aromatic nitrogens is 3. The Labute approximate surface area is 163 Å². The number of carbonyl (C=O) groups excluding carboxylic acids is 2. The summed E-state index contributed by atoms with van der Waals surface area (Å²) in [5.41, 5.74) is 4.57. The number of nitrogens with one attached hydrogen (secondary N) is 1. The summed E-state index contributed by atoms with van der Waals surface area (Å²) < 4.78 is 4.99. The lowest BCUT2D eigenvalue weighted by molar-refractivity contribution is 0.0526. The maximum absolute atomic E-state index is 12.7. The standard InChI is InChI=1S/C21H22N4O3/c1-5-28-21(27)16-7-6-8-17(12-16)22-20(26)19-15(4)23-25(24-19)18-10-9-13(2)11-14(18)3/h6-12H,5H2,1-4H3,(H,22,26). The zero-order valence-corrected chi connectivity index (χ0v) is 16.3. The van der Waals surface area contributed by atoms with Gasteiger partial charge in [0.2, 0.25) is 0 Å². The lowest BCUT2D eigenvalue weighted by atomic mass is 10.1. The number of nitrogens with zero attached hydrogens (tertiary/aromatic N) is 3. The highest BCUT2D eigenvalue weighted by atomic mass is 16.5. The summed E-state index contributed by atoms with van der Waals surface area (Å²) in [6.07, 6.45) is 0. The van der Waals surface area contributed by atoms with E-state index in [1.54, 1.807) is 38.1 Å². The minimum absolute atomic E-state index is 0.224. The van der Waals surface area contributed by atoms with Crippen LogP contribution < -0.4 is 5.32 Å². The summed E-state index contributed by atoms with van der Waals surface area (Å²) in [6.45, 7) is 7.75. The van der Waals surface area contributed by atoms with Crippen molar-refractivity contribution in [2.45, 2.75) is 27.7 Å². The smallest absolute Gasteiger partial charge is 0.338 e. The first-order valence-corrected chi connectivity index (χ1v) is 8.99. The lowest BCUT2D eigenvalue weighted by Gasteiger charge is -2.06. The van der Waals surface area contributed by atoms with Crippen LogP contribution in [-0.4, -0.2) is 33.5 Å². The molecule has 1 amide bonds. The molecule has 0 unspecified atom stereocenters. The Balaban J connectivity index is 1.83. The summed E-state index contributed by atoms with van der Waals surface area (Å²) in [7, 11) is 0. The van der Waals surface area contributed by atoms with Crippen molar-refractivity contribution in [1.29, 1.82) is 0 Å². The molecule has 2 aromatic carbocycles. The SMILES string of the molecule is CCOC(=O)c1cccc(NC(=O)c2nn(-c3ccc(C)cc3C)nc2C)c1. The van der Waals surface area contributed by atoms with Crippen molar-refractivity contribution >= 4 is 17.6 Å². The van der Waals surface area contributed by atoms with E-state index in [0.29, 0.717) is 16.9 Å². The Morgan fingerprint density at radius 1 is 1.07 bits per heavy atom. The van der Waals surface area contributed by atoms with Crippen LogP contribution in [0, 0.1) is 20.8 Å². The zero-order chi connectivity index (χ0) is 20.3. The molecule has 7 heteroatoms. The van der Waals surface area contributed by atoms with Crippen molar-refractivity contribution in [1.82, 2.24) is 15.0 Å². The van der Waals surface area contributed by atoms with Gasteiger partial charge in [-0.1, -0.05) is 23.8 Å². The van der Waals surface area contributed by atoms with Crippen LogP contribution >= 0.6 is 0 Å². The second-order valence-corrected chi connectivity index (χ2v) is 6.47. The van der Waals surface area contributed by atoms with Crippen molar-refractivity contribution in [2.24, 2.45) is 0 Å². The maximum Gasteiger partial charge on any atom is 0.338 e. The topological polar surface area (TPSA) is 86.1 Å². The van der Waals surface area contributed by atoms with Crippen molar-refractivity contribution in [3.8, 4) is 5.69 Å². The van der Waals surface area contributed by atoms with Gasteiger partial charge in [0, 0.05) is 5.69 Å². The van der Waals surface area contributed by atoms with Gasteiger partial charge in [0.25, 0.3) is 5.91 Å². The summed E-state index contributed by atoms with van der Waals surface area (Å²) in [5.74, 6) is -0.829. The molecule has 3 rings (SSSR count). The normalized spacial score (nSPS) is 10.6. The van der Waals surface area contributed by atoms with Gasteiger partial charge in [-0.15, -0.1) is 5.10 Å². The molecule has 1 N–H and O–H groups in total. The van der Waals surface area contributed by atoms with Crippen LogP contribution in [0.15, 0.2) is 42.5 Å². The van der Waals surface area contributed by atoms with Crippen molar-refractivity contribution in [2.75, 3.05) is 11.9 Å². The minimum atomic E-state index is -0.435. The molecule has 0 aliphatic carbocycles. The van der Waals surface area contributed by atoms with E-state index in [-0.39, 0.29) is 12.3 Å². The Bertz CT molecular complexity index is 1040. The third kappa shape index (κ3) is 4.09. The van der Waals surface area contributed by atoms with E-state index in [9.17, 15) is 9.59 Å². The molecule has 0 aliphatic heterocycles. The average Bonchev–Trinajstić information content (AvgIpc) is 3.03. The van der Waals surface area contributed by atoms with Crippen LogP contribution in [0.2, 0.25) is 0 Å². The Morgan fingerprint density at radius 2 is 1.86 bits per heavy atom. The molecule has 0 radical (unpaired) electrons. The molecule has 0 saturated heterocycles. The molecular weight excluding hydrogens is 356 g/mol. The van der Waals surface area contributed by atoms with Crippen LogP contribution in [0.1, 0.15) is 44.6 Å². The van der Waals surface area contributed by atoms with Gasteiger partial charge in [-0.25, -0.2) is 4.79 Å². The number of anilines is 1. The van der Waals surface area contributed by atoms with E-state index in [1.165, 1.54) is 4.80 Å². The largest absolute Gasteiger partial charge is 0.462 e. The number of benzene rings is 2. The Hall–Kier alpha value is -3.48. The summed E-state index contributed by atoms with van der Waals surface area (Å²) in [4.78, 5) is 26.0. The molecule has 0 bridgehead atoms. The third-order valence-corrected chi connectivity index (χ3v) is 4.20. The van der Waals surface area contributed by atoms with Crippen LogP contribution in [0.25, 0.3) is 5.69 Å². The predicted molar refractivity (Wildman–Crippen MR) is 106 cm³/mol. The number of aryl methyl sites for hydroxylation is 3. The first kappa shape index (κ1) is 19.3. The van der Waals surface area contributed by atoms with E-state index in [2.05, 4.69) is 15.5 Å². The predicted octanol–water partition coefficient (Wildman–Crippen LogP) is 3.62. The fourth-order valence-electron chi connectivity index (χ4n) is 2.85. The quantitative estimate of drug-likeness (QED) is 0.685. The monoisotopic (exact) mass is 378 g/mol. The van der Waals surface area contributed by atoms with Gasteiger partial charge in [0.15, 0.2) is 5.69 Å². The van der Waals surface area contributed by atoms with E-state index >= 15 is 0 Å².